The van der Waals surface area contributed by atoms with Gasteiger partial charge in [0.05, 0.1) is 13.2 Å². The van der Waals surface area contributed by atoms with Gasteiger partial charge in [-0.15, -0.1) is 0 Å². The molecule has 14 heavy (non-hydrogen) atoms. The molecule has 2 rings (SSSR count). The van der Waals surface area contributed by atoms with Crippen molar-refractivity contribution in [2.45, 2.75) is 25.7 Å². The monoisotopic (exact) mass is 195 g/mol. The van der Waals surface area contributed by atoms with Gasteiger partial charge in [0.15, 0.2) is 5.76 Å². The molecule has 1 fully saturated rings. The highest BCUT2D eigenvalue weighted by atomic mass is 16.5. The Balaban J connectivity index is 1.84. The smallest absolute Gasteiger partial charge is 0.210 e. The van der Waals surface area contributed by atoms with Crippen LogP contribution in [0.25, 0.3) is 0 Å². The number of ketones is 1. The van der Waals surface area contributed by atoms with Gasteiger partial charge in [-0.3, -0.25) is 9.69 Å². The molecule has 0 aliphatic carbocycles. The van der Waals surface area contributed by atoms with Gasteiger partial charge in [-0.1, -0.05) is 0 Å². The summed E-state index contributed by atoms with van der Waals surface area (Å²) in [6, 6.07) is 0. The molecular formula is C11H17NO2. The summed E-state index contributed by atoms with van der Waals surface area (Å²) >= 11 is 0. The SMILES string of the molecule is O=C(CN1CCCC1)C1=CCCCO1. The van der Waals surface area contributed by atoms with E-state index in [0.717, 1.165) is 25.9 Å². The summed E-state index contributed by atoms with van der Waals surface area (Å²) in [4.78, 5) is 13.9. The first-order valence-corrected chi connectivity index (χ1v) is 5.45. The van der Waals surface area contributed by atoms with Gasteiger partial charge < -0.3 is 4.74 Å². The molecule has 0 aromatic carbocycles. The number of nitrogens with zero attached hydrogens (tertiary/aromatic N) is 1. The van der Waals surface area contributed by atoms with Crippen LogP contribution in [-0.2, 0) is 9.53 Å². The molecular weight excluding hydrogens is 178 g/mol. The fourth-order valence-electron chi connectivity index (χ4n) is 1.97. The van der Waals surface area contributed by atoms with Crippen LogP contribution in [0.4, 0.5) is 0 Å². The standard InChI is InChI=1S/C11H17NO2/c13-10(9-12-6-2-3-7-12)11-5-1-4-8-14-11/h5H,1-4,6-9H2. The molecule has 0 amide bonds. The van der Waals surface area contributed by atoms with Crippen molar-refractivity contribution in [2.75, 3.05) is 26.2 Å². The zero-order valence-electron chi connectivity index (χ0n) is 8.50. The lowest BCUT2D eigenvalue weighted by Gasteiger charge is -2.17. The lowest BCUT2D eigenvalue weighted by molar-refractivity contribution is -0.120. The van der Waals surface area contributed by atoms with E-state index in [0.29, 0.717) is 18.9 Å². The maximum Gasteiger partial charge on any atom is 0.210 e. The van der Waals surface area contributed by atoms with E-state index in [1.807, 2.05) is 6.08 Å². The van der Waals surface area contributed by atoms with Gasteiger partial charge >= 0.3 is 0 Å². The van der Waals surface area contributed by atoms with E-state index in [1.54, 1.807) is 0 Å². The lowest BCUT2D eigenvalue weighted by Crippen LogP contribution is -2.29. The zero-order chi connectivity index (χ0) is 9.80. The largest absolute Gasteiger partial charge is 0.490 e. The second-order valence-corrected chi connectivity index (χ2v) is 3.97. The summed E-state index contributed by atoms with van der Waals surface area (Å²) in [5, 5.41) is 0. The predicted octanol–water partition coefficient (Wildman–Crippen LogP) is 1.35. The van der Waals surface area contributed by atoms with Crippen LogP contribution in [0.15, 0.2) is 11.8 Å². The second kappa shape index (κ2) is 4.60. The van der Waals surface area contributed by atoms with Gasteiger partial charge in [0, 0.05) is 0 Å². The lowest BCUT2D eigenvalue weighted by atomic mass is 10.2. The van der Waals surface area contributed by atoms with Gasteiger partial charge in [-0.05, 0) is 44.8 Å². The molecule has 0 radical (unpaired) electrons. The number of rotatable bonds is 3. The molecule has 0 N–H and O–H groups in total. The first-order valence-electron chi connectivity index (χ1n) is 5.45. The van der Waals surface area contributed by atoms with Crippen molar-refractivity contribution in [3.63, 3.8) is 0 Å². The van der Waals surface area contributed by atoms with Crippen LogP contribution in [0.1, 0.15) is 25.7 Å². The number of hydrogen-bond acceptors (Lipinski definition) is 3. The summed E-state index contributed by atoms with van der Waals surface area (Å²) in [5.74, 6) is 0.759. The molecule has 0 unspecified atom stereocenters. The summed E-state index contributed by atoms with van der Waals surface area (Å²) < 4.78 is 5.33. The van der Waals surface area contributed by atoms with Crippen LogP contribution in [-0.4, -0.2) is 36.9 Å². The Morgan fingerprint density at radius 1 is 1.36 bits per heavy atom. The van der Waals surface area contributed by atoms with Gasteiger partial charge in [0.1, 0.15) is 0 Å². The van der Waals surface area contributed by atoms with E-state index in [9.17, 15) is 4.79 Å². The highest BCUT2D eigenvalue weighted by Crippen LogP contribution is 2.13. The Hall–Kier alpha value is -0.830. The van der Waals surface area contributed by atoms with E-state index in [1.165, 1.54) is 12.8 Å². The molecule has 1 saturated heterocycles. The fourth-order valence-corrected chi connectivity index (χ4v) is 1.97. The average molecular weight is 195 g/mol. The van der Waals surface area contributed by atoms with Crippen molar-refractivity contribution in [1.82, 2.24) is 4.90 Å². The fraction of sp³-hybridized carbons (Fsp3) is 0.727. The quantitative estimate of drug-likeness (QED) is 0.680. The molecule has 0 bridgehead atoms. The van der Waals surface area contributed by atoms with Crippen molar-refractivity contribution in [3.05, 3.63) is 11.8 Å². The molecule has 0 aromatic rings. The maximum atomic E-state index is 11.7. The summed E-state index contributed by atoms with van der Waals surface area (Å²) in [7, 11) is 0. The van der Waals surface area contributed by atoms with E-state index >= 15 is 0 Å². The number of hydrogen-bond donors (Lipinski definition) is 0. The highest BCUT2D eigenvalue weighted by molar-refractivity contribution is 5.95. The number of ether oxygens (including phenoxy) is 1. The van der Waals surface area contributed by atoms with Crippen molar-refractivity contribution < 1.29 is 9.53 Å². The van der Waals surface area contributed by atoms with Crippen LogP contribution in [0, 0.1) is 0 Å². The number of Topliss-reactive ketones (excluding diaryl/α,β-unsaturated/α-hetero) is 1. The van der Waals surface area contributed by atoms with Gasteiger partial charge in [0.2, 0.25) is 5.78 Å². The average Bonchev–Trinajstić information content (AvgIpc) is 2.72. The third kappa shape index (κ3) is 2.35. The van der Waals surface area contributed by atoms with Crippen molar-refractivity contribution in [2.24, 2.45) is 0 Å². The number of carbonyl (C=O) groups excluding carboxylic acids is 1. The second-order valence-electron chi connectivity index (χ2n) is 3.97. The summed E-state index contributed by atoms with van der Waals surface area (Å²) in [6.07, 6.45) is 6.42. The molecule has 2 aliphatic heterocycles. The Morgan fingerprint density at radius 3 is 2.79 bits per heavy atom. The van der Waals surface area contributed by atoms with Crippen LogP contribution in [0.5, 0.6) is 0 Å². The van der Waals surface area contributed by atoms with E-state index in [-0.39, 0.29) is 5.78 Å². The normalized spacial score (nSPS) is 23.0. The third-order valence-electron chi connectivity index (χ3n) is 2.78. The number of likely N-dealkylation sites (tertiary alicyclic amines) is 1. The van der Waals surface area contributed by atoms with E-state index < -0.39 is 0 Å². The minimum atomic E-state index is 0.159. The van der Waals surface area contributed by atoms with Crippen molar-refractivity contribution >= 4 is 5.78 Å². The van der Waals surface area contributed by atoms with Gasteiger partial charge in [-0.25, -0.2) is 0 Å². The Labute approximate surface area is 84.7 Å². The molecule has 3 nitrogen and oxygen atoms in total. The number of allylic oxidation sites excluding steroid dienone is 1. The maximum absolute atomic E-state index is 11.7. The third-order valence-corrected chi connectivity index (χ3v) is 2.78. The van der Waals surface area contributed by atoms with Gasteiger partial charge in [-0.2, -0.15) is 0 Å². The Kier molecular flexibility index (Phi) is 3.19. The minimum Gasteiger partial charge on any atom is -0.490 e. The van der Waals surface area contributed by atoms with E-state index in [2.05, 4.69) is 4.90 Å². The Bertz CT molecular complexity index is 242. The molecule has 3 heteroatoms. The number of carbonyl (C=O) groups is 1. The van der Waals surface area contributed by atoms with E-state index in [4.69, 9.17) is 4.74 Å². The molecule has 0 atom stereocenters. The van der Waals surface area contributed by atoms with Crippen molar-refractivity contribution in [1.29, 1.82) is 0 Å². The topological polar surface area (TPSA) is 29.5 Å². The minimum absolute atomic E-state index is 0.159. The Morgan fingerprint density at radius 2 is 2.14 bits per heavy atom. The molecule has 2 aliphatic rings. The van der Waals surface area contributed by atoms with Crippen LogP contribution in [0.2, 0.25) is 0 Å². The predicted molar refractivity (Wildman–Crippen MR) is 54.0 cm³/mol. The highest BCUT2D eigenvalue weighted by Gasteiger charge is 2.19. The molecule has 0 saturated carbocycles. The molecule has 78 valence electrons. The summed E-state index contributed by atoms with van der Waals surface area (Å²) in [5.41, 5.74) is 0. The molecule has 2 heterocycles. The molecule has 0 aromatic heterocycles. The van der Waals surface area contributed by atoms with Crippen LogP contribution < -0.4 is 0 Å². The first-order chi connectivity index (χ1) is 6.86. The summed E-state index contributed by atoms with van der Waals surface area (Å²) in [6.45, 7) is 3.39. The zero-order valence-corrected chi connectivity index (χ0v) is 8.50. The van der Waals surface area contributed by atoms with Crippen LogP contribution >= 0.6 is 0 Å². The van der Waals surface area contributed by atoms with Gasteiger partial charge in [0.25, 0.3) is 0 Å². The van der Waals surface area contributed by atoms with Crippen LogP contribution in [0.3, 0.4) is 0 Å². The molecule has 0 spiro atoms. The van der Waals surface area contributed by atoms with Crippen molar-refractivity contribution in [3.8, 4) is 0 Å². The first kappa shape index (κ1) is 9.71.